The van der Waals surface area contributed by atoms with Crippen LogP contribution in [0.3, 0.4) is 0 Å². The highest BCUT2D eigenvalue weighted by Gasteiger charge is 2.14. The number of unbranched alkanes of at least 4 members (excludes halogenated alkanes) is 36. The molecule has 342 valence electrons. The van der Waals surface area contributed by atoms with Crippen molar-refractivity contribution in [3.63, 3.8) is 0 Å². The van der Waals surface area contributed by atoms with E-state index in [9.17, 15) is 0 Å². The number of thioether (sulfide) groups is 4. The van der Waals surface area contributed by atoms with Crippen molar-refractivity contribution >= 4 is 47.0 Å². The van der Waals surface area contributed by atoms with Gasteiger partial charge < -0.3 is 0 Å². The minimum atomic E-state index is 1.28. The van der Waals surface area contributed by atoms with Crippen molar-refractivity contribution < 1.29 is 0 Å². The van der Waals surface area contributed by atoms with Crippen LogP contribution in [-0.4, -0.2) is 23.0 Å². The molecule has 0 nitrogen and oxygen atoms in total. The first-order valence-corrected chi connectivity index (χ1v) is 30.4. The van der Waals surface area contributed by atoms with E-state index in [1.807, 2.05) is 0 Å². The Labute approximate surface area is 383 Å². The minimum Gasteiger partial charge on any atom is -0.126 e. The highest BCUT2D eigenvalue weighted by Crippen LogP contribution is 2.43. The van der Waals surface area contributed by atoms with Crippen LogP contribution in [-0.2, 0) is 0 Å². The summed E-state index contributed by atoms with van der Waals surface area (Å²) in [6, 6.07) is 5.26. The molecule has 0 N–H and O–H groups in total. The molecule has 0 amide bonds. The van der Waals surface area contributed by atoms with Crippen molar-refractivity contribution in [2.75, 3.05) is 23.0 Å². The minimum absolute atomic E-state index is 1.28. The summed E-state index contributed by atoms with van der Waals surface area (Å²) in [7, 11) is 0. The molecule has 0 unspecified atom stereocenters. The van der Waals surface area contributed by atoms with E-state index >= 15 is 0 Å². The number of rotatable bonds is 48. The Balaban J connectivity index is 2.79. The molecule has 0 radical (unpaired) electrons. The van der Waals surface area contributed by atoms with Crippen LogP contribution < -0.4 is 0 Å². The quantitative estimate of drug-likeness (QED) is 0.0472. The van der Waals surface area contributed by atoms with Crippen molar-refractivity contribution in [2.45, 2.75) is 304 Å². The third-order valence-electron chi connectivity index (χ3n) is 12.0. The Kier molecular flexibility index (Phi) is 46.0. The van der Waals surface area contributed by atoms with E-state index in [1.54, 1.807) is 19.6 Å². The monoisotopic (exact) mass is 879 g/mol. The first kappa shape index (κ1) is 56.6. The Hall–Kier alpha value is 0.620. The van der Waals surface area contributed by atoms with Gasteiger partial charge in [0.25, 0.3) is 0 Å². The summed E-state index contributed by atoms with van der Waals surface area (Å²) in [5.41, 5.74) is 0. The molecule has 1 rings (SSSR count). The predicted molar refractivity (Wildman–Crippen MR) is 277 cm³/mol. The standard InChI is InChI=1S/C54H102S4/c1-5-9-13-17-21-25-29-33-37-41-45-55-51-49-52(56-46-42-38-34-30-26-22-18-14-10-6-2)54(58-48-44-40-36-32-28-24-20-16-12-8-4)53(50-51)57-47-43-39-35-31-27-23-19-15-11-7-3/h49-50H,5-48H2,1-4H3. The first-order chi connectivity index (χ1) is 28.8. The smallest absolute Gasteiger partial charge is 0.0345 e. The van der Waals surface area contributed by atoms with Crippen LogP contribution in [0.2, 0.25) is 0 Å². The molecule has 0 aliphatic heterocycles. The fourth-order valence-electron chi connectivity index (χ4n) is 8.08. The molecule has 0 aliphatic rings. The summed E-state index contributed by atoms with van der Waals surface area (Å²) < 4.78 is 0. The van der Waals surface area contributed by atoms with Gasteiger partial charge in [-0.1, -0.05) is 259 Å². The molecule has 0 heterocycles. The Morgan fingerprint density at radius 3 is 0.707 bits per heavy atom. The van der Waals surface area contributed by atoms with Gasteiger partial charge in [-0.15, -0.1) is 47.0 Å². The van der Waals surface area contributed by atoms with Crippen LogP contribution in [0.1, 0.15) is 285 Å². The lowest BCUT2D eigenvalue weighted by molar-refractivity contribution is 0.563. The molecular formula is C54H102S4. The molecule has 58 heavy (non-hydrogen) atoms. The summed E-state index contributed by atoms with van der Waals surface area (Å²) in [4.78, 5) is 6.43. The maximum atomic E-state index is 2.63. The van der Waals surface area contributed by atoms with E-state index in [0.717, 1.165) is 0 Å². The Morgan fingerprint density at radius 1 is 0.241 bits per heavy atom. The fourth-order valence-corrected chi connectivity index (χ4v) is 13.0. The van der Waals surface area contributed by atoms with Gasteiger partial charge in [-0.25, -0.2) is 0 Å². The zero-order valence-electron chi connectivity index (χ0n) is 39.9. The van der Waals surface area contributed by atoms with Gasteiger partial charge in [-0.2, -0.15) is 0 Å². The highest BCUT2D eigenvalue weighted by molar-refractivity contribution is 8.04. The molecule has 0 saturated heterocycles. The van der Waals surface area contributed by atoms with Crippen molar-refractivity contribution in [3.8, 4) is 0 Å². The van der Waals surface area contributed by atoms with E-state index < -0.39 is 0 Å². The van der Waals surface area contributed by atoms with Gasteiger partial charge in [0.15, 0.2) is 0 Å². The summed E-state index contributed by atoms with van der Waals surface area (Å²) in [5, 5.41) is 0. The lowest BCUT2D eigenvalue weighted by Crippen LogP contribution is -1.93. The molecule has 0 saturated carbocycles. The summed E-state index contributed by atoms with van der Waals surface area (Å²) in [6.45, 7) is 9.30. The van der Waals surface area contributed by atoms with E-state index in [1.165, 1.54) is 280 Å². The van der Waals surface area contributed by atoms with Gasteiger partial charge in [0, 0.05) is 19.6 Å². The maximum Gasteiger partial charge on any atom is 0.0345 e. The lowest BCUT2D eigenvalue weighted by Gasteiger charge is -2.17. The molecule has 1 aromatic carbocycles. The number of hydrogen-bond acceptors (Lipinski definition) is 4. The Morgan fingerprint density at radius 2 is 0.448 bits per heavy atom. The van der Waals surface area contributed by atoms with Crippen LogP contribution >= 0.6 is 47.0 Å². The lowest BCUT2D eigenvalue weighted by atomic mass is 10.1. The van der Waals surface area contributed by atoms with Crippen LogP contribution in [0.15, 0.2) is 31.7 Å². The Bertz CT molecular complexity index is 900. The second-order valence-corrected chi connectivity index (χ2v) is 22.4. The predicted octanol–water partition coefficient (Wildman–Crippen LogP) is 21.7. The summed E-state index contributed by atoms with van der Waals surface area (Å²) >= 11 is 8.80. The average molecular weight is 880 g/mol. The highest BCUT2D eigenvalue weighted by atomic mass is 32.2. The van der Waals surface area contributed by atoms with E-state index in [0.29, 0.717) is 0 Å². The zero-order chi connectivity index (χ0) is 41.7. The second kappa shape index (κ2) is 47.1. The van der Waals surface area contributed by atoms with Crippen molar-refractivity contribution in [3.05, 3.63) is 12.1 Å². The zero-order valence-corrected chi connectivity index (χ0v) is 43.2. The van der Waals surface area contributed by atoms with Crippen LogP contribution in [0.5, 0.6) is 0 Å². The van der Waals surface area contributed by atoms with E-state index in [-0.39, 0.29) is 0 Å². The van der Waals surface area contributed by atoms with Gasteiger partial charge in [-0.05, 0) is 60.8 Å². The molecule has 0 aromatic heterocycles. The van der Waals surface area contributed by atoms with Gasteiger partial charge in [0.05, 0.1) is 0 Å². The first-order valence-electron chi connectivity index (χ1n) is 26.5. The molecule has 0 bridgehead atoms. The van der Waals surface area contributed by atoms with Crippen LogP contribution in [0.4, 0.5) is 0 Å². The average Bonchev–Trinajstić information content (AvgIpc) is 3.23. The summed E-state index contributed by atoms with van der Waals surface area (Å²) in [5.74, 6) is 5.15. The van der Waals surface area contributed by atoms with Crippen molar-refractivity contribution in [1.29, 1.82) is 0 Å². The second-order valence-electron chi connectivity index (χ2n) is 17.9. The fraction of sp³-hybridized carbons (Fsp3) is 0.889. The third kappa shape index (κ3) is 37.2. The molecule has 0 aliphatic carbocycles. The van der Waals surface area contributed by atoms with Gasteiger partial charge >= 0.3 is 0 Å². The van der Waals surface area contributed by atoms with Crippen LogP contribution in [0.25, 0.3) is 0 Å². The maximum absolute atomic E-state index is 2.63. The number of benzene rings is 1. The number of hydrogen-bond donors (Lipinski definition) is 0. The molecule has 0 fully saturated rings. The molecule has 4 heteroatoms. The normalized spacial score (nSPS) is 11.7. The third-order valence-corrected chi connectivity index (χ3v) is 16.8. The van der Waals surface area contributed by atoms with Crippen molar-refractivity contribution in [1.82, 2.24) is 0 Å². The topological polar surface area (TPSA) is 0 Å². The molecule has 1 aromatic rings. The van der Waals surface area contributed by atoms with Crippen molar-refractivity contribution in [2.24, 2.45) is 0 Å². The SMILES string of the molecule is CCCCCCCCCCCCSc1cc(SCCCCCCCCCCCC)c(SCCCCCCCCCCCC)c(SCCCCCCCCCCCC)c1. The van der Waals surface area contributed by atoms with Gasteiger partial charge in [-0.3, -0.25) is 0 Å². The molecule has 0 atom stereocenters. The van der Waals surface area contributed by atoms with Crippen LogP contribution in [0, 0.1) is 0 Å². The van der Waals surface area contributed by atoms with Gasteiger partial charge in [0.2, 0.25) is 0 Å². The summed E-state index contributed by atoms with van der Waals surface area (Å²) in [6.07, 6.45) is 57.1. The van der Waals surface area contributed by atoms with E-state index in [2.05, 4.69) is 86.9 Å². The molecular weight excluding hydrogens is 777 g/mol. The van der Waals surface area contributed by atoms with E-state index in [4.69, 9.17) is 0 Å². The van der Waals surface area contributed by atoms with Gasteiger partial charge in [0.1, 0.15) is 0 Å². The largest absolute Gasteiger partial charge is 0.126 e. The molecule has 0 spiro atoms.